The molecule has 0 saturated heterocycles. The first kappa shape index (κ1) is 11.5. The molecule has 0 amide bonds. The van der Waals surface area contributed by atoms with Gasteiger partial charge in [-0.3, -0.25) is 4.40 Å². The average Bonchev–Trinajstić information content (AvgIpc) is 3.03. The van der Waals surface area contributed by atoms with Gasteiger partial charge in [0.05, 0.1) is 10.2 Å². The van der Waals surface area contributed by atoms with Crippen molar-refractivity contribution in [2.24, 2.45) is 0 Å². The Morgan fingerprint density at radius 2 is 1.95 bits per heavy atom. The fraction of sp³-hybridized carbons (Fsp3) is 0.0714. The summed E-state index contributed by atoms with van der Waals surface area (Å²) in [5.41, 5.74) is 2.67. The number of nitrogens with zero attached hydrogens (tertiary/aromatic N) is 4. The summed E-state index contributed by atoms with van der Waals surface area (Å²) in [7, 11) is 0. The van der Waals surface area contributed by atoms with E-state index in [1.807, 2.05) is 17.4 Å². The minimum absolute atomic E-state index is 0.233. The van der Waals surface area contributed by atoms with Crippen LogP contribution < -0.4 is 0 Å². The first-order valence-electron chi connectivity index (χ1n) is 6.08. The van der Waals surface area contributed by atoms with E-state index in [0.29, 0.717) is 0 Å². The standard InChI is InChI=1S/C14H9FN4S/c1-8-17-18-14-13-11(16-7-19(8)14)6-12(20-13)9-2-4-10(15)5-3-9/h2-7H,1H3. The maximum absolute atomic E-state index is 13.0. The van der Waals surface area contributed by atoms with Gasteiger partial charge in [-0.1, -0.05) is 12.1 Å². The van der Waals surface area contributed by atoms with E-state index in [0.717, 1.165) is 32.1 Å². The molecule has 6 heteroatoms. The summed E-state index contributed by atoms with van der Waals surface area (Å²) in [5.74, 6) is 0.578. The second kappa shape index (κ2) is 4.08. The van der Waals surface area contributed by atoms with E-state index in [4.69, 9.17) is 0 Å². The van der Waals surface area contributed by atoms with Crippen LogP contribution in [0.15, 0.2) is 36.7 Å². The van der Waals surface area contributed by atoms with Gasteiger partial charge in [-0.25, -0.2) is 9.37 Å². The minimum atomic E-state index is -0.233. The smallest absolute Gasteiger partial charge is 0.181 e. The Bertz CT molecular complexity index is 924. The maximum atomic E-state index is 13.0. The van der Waals surface area contributed by atoms with E-state index in [1.54, 1.807) is 29.8 Å². The van der Waals surface area contributed by atoms with Crippen LogP contribution in [0.1, 0.15) is 5.82 Å². The van der Waals surface area contributed by atoms with Gasteiger partial charge in [-0.15, -0.1) is 21.5 Å². The lowest BCUT2D eigenvalue weighted by molar-refractivity contribution is 0.628. The molecule has 4 rings (SSSR count). The zero-order chi connectivity index (χ0) is 13.7. The highest BCUT2D eigenvalue weighted by Gasteiger charge is 2.11. The van der Waals surface area contributed by atoms with Gasteiger partial charge in [0.2, 0.25) is 0 Å². The number of aryl methyl sites for hydroxylation is 1. The molecule has 98 valence electrons. The van der Waals surface area contributed by atoms with E-state index in [2.05, 4.69) is 15.2 Å². The van der Waals surface area contributed by atoms with E-state index in [9.17, 15) is 4.39 Å². The Hall–Kier alpha value is -2.34. The molecule has 4 aromatic rings. The van der Waals surface area contributed by atoms with Crippen molar-refractivity contribution < 1.29 is 4.39 Å². The average molecular weight is 284 g/mol. The van der Waals surface area contributed by atoms with Crippen LogP contribution in [0.4, 0.5) is 4.39 Å². The fourth-order valence-electron chi connectivity index (χ4n) is 2.18. The molecule has 0 radical (unpaired) electrons. The Morgan fingerprint density at radius 3 is 2.75 bits per heavy atom. The predicted molar refractivity (Wildman–Crippen MR) is 76.3 cm³/mol. The van der Waals surface area contributed by atoms with Crippen LogP contribution in [0.5, 0.6) is 0 Å². The van der Waals surface area contributed by atoms with Gasteiger partial charge in [-0.05, 0) is 30.7 Å². The highest BCUT2D eigenvalue weighted by atomic mass is 32.1. The van der Waals surface area contributed by atoms with Gasteiger partial charge in [-0.2, -0.15) is 0 Å². The molecule has 4 nitrogen and oxygen atoms in total. The minimum Gasteiger partial charge on any atom is -0.268 e. The number of hydrogen-bond donors (Lipinski definition) is 0. The lowest BCUT2D eigenvalue weighted by atomic mass is 10.2. The summed E-state index contributed by atoms with van der Waals surface area (Å²) in [6.07, 6.45) is 1.73. The van der Waals surface area contributed by atoms with Crippen LogP contribution in [-0.4, -0.2) is 19.6 Å². The predicted octanol–water partition coefficient (Wildman–Crippen LogP) is 3.45. The third-order valence-corrected chi connectivity index (χ3v) is 4.39. The number of halogens is 1. The largest absolute Gasteiger partial charge is 0.268 e. The van der Waals surface area contributed by atoms with Gasteiger partial charge in [0, 0.05) is 4.88 Å². The highest BCUT2D eigenvalue weighted by molar-refractivity contribution is 7.22. The van der Waals surface area contributed by atoms with Gasteiger partial charge in [0.15, 0.2) is 5.65 Å². The normalized spacial score (nSPS) is 11.5. The van der Waals surface area contributed by atoms with Crippen LogP contribution in [0, 0.1) is 12.7 Å². The van der Waals surface area contributed by atoms with Crippen molar-refractivity contribution in [3.8, 4) is 10.4 Å². The molecule has 0 aliphatic heterocycles. The monoisotopic (exact) mass is 284 g/mol. The van der Waals surface area contributed by atoms with Crippen molar-refractivity contribution in [3.63, 3.8) is 0 Å². The second-order valence-corrected chi connectivity index (χ2v) is 5.57. The highest BCUT2D eigenvalue weighted by Crippen LogP contribution is 2.34. The van der Waals surface area contributed by atoms with Crippen molar-refractivity contribution in [2.45, 2.75) is 6.92 Å². The number of fused-ring (bicyclic) bond motifs is 3. The lowest BCUT2D eigenvalue weighted by Gasteiger charge is -1.95. The van der Waals surface area contributed by atoms with E-state index in [1.165, 1.54) is 12.1 Å². The first-order valence-corrected chi connectivity index (χ1v) is 6.90. The van der Waals surface area contributed by atoms with Crippen LogP contribution in [0.3, 0.4) is 0 Å². The number of thiophene rings is 1. The zero-order valence-electron chi connectivity index (χ0n) is 10.5. The summed E-state index contributed by atoms with van der Waals surface area (Å²) in [6.45, 7) is 1.89. The van der Waals surface area contributed by atoms with Crippen molar-refractivity contribution >= 4 is 27.2 Å². The Morgan fingerprint density at radius 1 is 1.15 bits per heavy atom. The quantitative estimate of drug-likeness (QED) is 0.537. The van der Waals surface area contributed by atoms with Crippen LogP contribution >= 0.6 is 11.3 Å². The molecule has 0 atom stereocenters. The third kappa shape index (κ3) is 1.61. The molecule has 0 aliphatic rings. The second-order valence-electron chi connectivity index (χ2n) is 4.52. The van der Waals surface area contributed by atoms with Gasteiger partial charge in [0.25, 0.3) is 0 Å². The molecule has 0 unspecified atom stereocenters. The van der Waals surface area contributed by atoms with Crippen LogP contribution in [-0.2, 0) is 0 Å². The number of benzene rings is 1. The Labute approximate surface area is 117 Å². The number of rotatable bonds is 1. The third-order valence-electron chi connectivity index (χ3n) is 3.22. The number of hydrogen-bond acceptors (Lipinski definition) is 4. The van der Waals surface area contributed by atoms with Gasteiger partial charge < -0.3 is 0 Å². The number of aromatic nitrogens is 4. The zero-order valence-corrected chi connectivity index (χ0v) is 11.4. The summed E-state index contributed by atoms with van der Waals surface area (Å²) in [4.78, 5) is 5.47. The molecular weight excluding hydrogens is 275 g/mol. The van der Waals surface area contributed by atoms with Crippen molar-refractivity contribution in [2.75, 3.05) is 0 Å². The summed E-state index contributed by atoms with van der Waals surface area (Å²) in [6, 6.07) is 8.46. The first-order chi connectivity index (χ1) is 9.72. The molecule has 0 bridgehead atoms. The topological polar surface area (TPSA) is 43.1 Å². The van der Waals surface area contributed by atoms with E-state index in [-0.39, 0.29) is 5.82 Å². The summed E-state index contributed by atoms with van der Waals surface area (Å²) < 4.78 is 15.8. The van der Waals surface area contributed by atoms with Crippen LogP contribution in [0.25, 0.3) is 26.3 Å². The molecule has 0 aliphatic carbocycles. The molecular formula is C14H9FN4S. The molecule has 0 spiro atoms. The van der Waals surface area contributed by atoms with Gasteiger partial charge in [0.1, 0.15) is 18.0 Å². The maximum Gasteiger partial charge on any atom is 0.181 e. The van der Waals surface area contributed by atoms with E-state index >= 15 is 0 Å². The summed E-state index contributed by atoms with van der Waals surface area (Å²) in [5, 5.41) is 8.26. The molecule has 3 heterocycles. The van der Waals surface area contributed by atoms with Gasteiger partial charge >= 0.3 is 0 Å². The lowest BCUT2D eigenvalue weighted by Crippen LogP contribution is -1.88. The molecule has 1 aromatic carbocycles. The molecule has 0 N–H and O–H groups in total. The molecule has 0 saturated carbocycles. The molecule has 20 heavy (non-hydrogen) atoms. The molecule has 0 fully saturated rings. The fourth-order valence-corrected chi connectivity index (χ4v) is 3.27. The van der Waals surface area contributed by atoms with E-state index < -0.39 is 0 Å². The van der Waals surface area contributed by atoms with Crippen molar-refractivity contribution in [1.82, 2.24) is 19.6 Å². The van der Waals surface area contributed by atoms with Crippen molar-refractivity contribution in [3.05, 3.63) is 48.3 Å². The summed E-state index contributed by atoms with van der Waals surface area (Å²) >= 11 is 1.59. The molecule has 3 aromatic heterocycles. The Balaban J connectivity index is 1.98. The van der Waals surface area contributed by atoms with Crippen molar-refractivity contribution in [1.29, 1.82) is 0 Å². The van der Waals surface area contributed by atoms with Crippen LogP contribution in [0.2, 0.25) is 0 Å². The SMILES string of the molecule is Cc1nnc2c3sc(-c4ccc(F)cc4)cc3ncn12. The Kier molecular flexibility index (Phi) is 2.34.